The van der Waals surface area contributed by atoms with Crippen LogP contribution in [-0.2, 0) is 18.9 Å². The van der Waals surface area contributed by atoms with Gasteiger partial charge in [-0.25, -0.2) is 0 Å². The molecule has 1 aromatic carbocycles. The fourth-order valence-corrected chi connectivity index (χ4v) is 3.20. The zero-order valence-electron chi connectivity index (χ0n) is 17.5. The number of amides is 2. The Morgan fingerprint density at radius 3 is 1.63 bits per heavy atom. The zero-order chi connectivity index (χ0) is 21.4. The molecule has 8 heteroatoms. The third-order valence-corrected chi connectivity index (χ3v) is 4.89. The first-order chi connectivity index (χ1) is 14.8. The second-order valence-corrected chi connectivity index (χ2v) is 7.24. The molecule has 0 bridgehead atoms. The Labute approximate surface area is 183 Å². The largest absolute Gasteiger partial charge is 0.379 e. The molecule has 1 aliphatic rings. The molecule has 7 nitrogen and oxygen atoms in total. The van der Waals surface area contributed by atoms with Crippen molar-refractivity contribution < 1.29 is 28.5 Å². The number of alkyl halides is 1. The normalized spacial score (nSPS) is 13.3. The van der Waals surface area contributed by atoms with Gasteiger partial charge in [0.1, 0.15) is 0 Å². The monoisotopic (exact) mass is 441 g/mol. The maximum atomic E-state index is 12.2. The predicted molar refractivity (Wildman–Crippen MR) is 114 cm³/mol. The molecule has 0 fully saturated rings. The summed E-state index contributed by atoms with van der Waals surface area (Å²) in [6.07, 6.45) is 4.45. The molecule has 30 heavy (non-hydrogen) atoms. The van der Waals surface area contributed by atoms with Crippen LogP contribution >= 0.6 is 11.6 Å². The van der Waals surface area contributed by atoms with E-state index in [-0.39, 0.29) is 25.0 Å². The average Bonchev–Trinajstić information content (AvgIpc) is 3.01. The summed E-state index contributed by atoms with van der Waals surface area (Å²) < 4.78 is 21.8. The lowest BCUT2D eigenvalue weighted by atomic mass is 10.1. The number of carbonyl (C=O) groups excluding carboxylic acids is 2. The van der Waals surface area contributed by atoms with Crippen LogP contribution in [0.15, 0.2) is 24.3 Å². The van der Waals surface area contributed by atoms with Gasteiger partial charge in [-0.2, -0.15) is 0 Å². The third-order valence-electron chi connectivity index (χ3n) is 4.63. The minimum atomic E-state index is -0.261. The number of unbranched alkanes of at least 4 members (excludes halogenated alkanes) is 3. The van der Waals surface area contributed by atoms with Crippen molar-refractivity contribution in [2.45, 2.75) is 25.7 Å². The Morgan fingerprint density at radius 1 is 0.633 bits per heavy atom. The number of carbonyl (C=O) groups is 2. The lowest BCUT2D eigenvalue weighted by Crippen LogP contribution is -2.33. The van der Waals surface area contributed by atoms with E-state index < -0.39 is 0 Å². The molecular formula is C22H32ClNO6. The number of halogens is 1. The first-order valence-corrected chi connectivity index (χ1v) is 11.1. The molecule has 1 aromatic rings. The number of hydrogen-bond donors (Lipinski definition) is 0. The number of imide groups is 1. The molecule has 0 aliphatic carbocycles. The van der Waals surface area contributed by atoms with E-state index in [1.807, 2.05) is 0 Å². The van der Waals surface area contributed by atoms with Crippen LogP contribution in [0.2, 0.25) is 0 Å². The third kappa shape index (κ3) is 8.70. The Bertz CT molecular complexity index is 607. The summed E-state index contributed by atoms with van der Waals surface area (Å²) in [5.74, 6) is 0.212. The lowest BCUT2D eigenvalue weighted by Gasteiger charge is -2.13. The van der Waals surface area contributed by atoms with Gasteiger partial charge in [0, 0.05) is 12.5 Å². The van der Waals surface area contributed by atoms with Gasteiger partial charge >= 0.3 is 0 Å². The molecule has 0 saturated carbocycles. The van der Waals surface area contributed by atoms with Crippen LogP contribution in [0.4, 0.5) is 0 Å². The van der Waals surface area contributed by atoms with Crippen molar-refractivity contribution in [1.82, 2.24) is 4.90 Å². The highest BCUT2D eigenvalue weighted by molar-refractivity contribution is 6.21. The summed E-state index contributed by atoms with van der Waals surface area (Å²) in [6.45, 7) is 4.27. The Hall–Kier alpha value is -1.51. The van der Waals surface area contributed by atoms with E-state index in [0.717, 1.165) is 38.2 Å². The number of fused-ring (bicyclic) bond motifs is 1. The molecule has 0 spiro atoms. The van der Waals surface area contributed by atoms with Crippen molar-refractivity contribution >= 4 is 23.4 Å². The van der Waals surface area contributed by atoms with Crippen molar-refractivity contribution in [3.63, 3.8) is 0 Å². The number of ether oxygens (including phenoxy) is 4. The van der Waals surface area contributed by atoms with Crippen molar-refractivity contribution in [3.05, 3.63) is 35.4 Å². The van der Waals surface area contributed by atoms with Gasteiger partial charge in [0.05, 0.1) is 63.9 Å². The predicted octanol–water partition coefficient (Wildman–Crippen LogP) is 3.15. The van der Waals surface area contributed by atoms with E-state index in [4.69, 9.17) is 30.5 Å². The van der Waals surface area contributed by atoms with E-state index >= 15 is 0 Å². The SMILES string of the molecule is O=C1c2ccccc2C(=O)N1CCOCCOCCOCCOCCCCCCCl. The van der Waals surface area contributed by atoms with E-state index in [1.54, 1.807) is 24.3 Å². The maximum Gasteiger partial charge on any atom is 0.261 e. The van der Waals surface area contributed by atoms with Crippen LogP contribution < -0.4 is 0 Å². The smallest absolute Gasteiger partial charge is 0.261 e. The molecule has 0 unspecified atom stereocenters. The fraction of sp³-hybridized carbons (Fsp3) is 0.636. The first-order valence-electron chi connectivity index (χ1n) is 10.6. The van der Waals surface area contributed by atoms with Crippen LogP contribution in [-0.4, -0.2) is 82.0 Å². The Morgan fingerprint density at radius 2 is 1.10 bits per heavy atom. The topological polar surface area (TPSA) is 74.3 Å². The quantitative estimate of drug-likeness (QED) is 0.198. The van der Waals surface area contributed by atoms with Crippen molar-refractivity contribution in [1.29, 1.82) is 0 Å². The van der Waals surface area contributed by atoms with E-state index in [0.29, 0.717) is 50.8 Å². The summed E-state index contributed by atoms with van der Waals surface area (Å²) >= 11 is 5.63. The Kier molecular flexibility index (Phi) is 12.6. The zero-order valence-corrected chi connectivity index (χ0v) is 18.2. The molecule has 2 rings (SSSR count). The highest BCUT2D eigenvalue weighted by atomic mass is 35.5. The fourth-order valence-electron chi connectivity index (χ4n) is 3.01. The van der Waals surface area contributed by atoms with Crippen molar-refractivity contribution in [3.8, 4) is 0 Å². The first kappa shape index (κ1) is 24.8. The van der Waals surface area contributed by atoms with Crippen LogP contribution in [0.5, 0.6) is 0 Å². The van der Waals surface area contributed by atoms with E-state index in [2.05, 4.69) is 0 Å². The van der Waals surface area contributed by atoms with Gasteiger partial charge in [-0.15, -0.1) is 11.6 Å². The molecule has 0 radical (unpaired) electrons. The molecule has 0 atom stereocenters. The molecule has 0 N–H and O–H groups in total. The molecule has 168 valence electrons. The minimum Gasteiger partial charge on any atom is -0.379 e. The van der Waals surface area contributed by atoms with Gasteiger partial charge in [0.2, 0.25) is 0 Å². The van der Waals surface area contributed by atoms with E-state index in [1.165, 1.54) is 4.90 Å². The van der Waals surface area contributed by atoms with Crippen LogP contribution in [0, 0.1) is 0 Å². The number of benzene rings is 1. The minimum absolute atomic E-state index is 0.238. The number of nitrogens with zero attached hydrogens (tertiary/aromatic N) is 1. The number of hydrogen-bond acceptors (Lipinski definition) is 6. The van der Waals surface area contributed by atoms with Crippen molar-refractivity contribution in [2.75, 3.05) is 65.3 Å². The second kappa shape index (κ2) is 15.3. The molecule has 0 aromatic heterocycles. The van der Waals surface area contributed by atoms with Crippen LogP contribution in [0.1, 0.15) is 46.4 Å². The van der Waals surface area contributed by atoms with E-state index in [9.17, 15) is 9.59 Å². The van der Waals surface area contributed by atoms with Gasteiger partial charge < -0.3 is 18.9 Å². The average molecular weight is 442 g/mol. The van der Waals surface area contributed by atoms with Gasteiger partial charge in [0.25, 0.3) is 11.8 Å². The second-order valence-electron chi connectivity index (χ2n) is 6.86. The highest BCUT2D eigenvalue weighted by Gasteiger charge is 2.34. The summed E-state index contributed by atoms with van der Waals surface area (Å²) in [4.78, 5) is 25.6. The van der Waals surface area contributed by atoms with Crippen LogP contribution in [0.3, 0.4) is 0 Å². The standard InChI is InChI=1S/C22H32ClNO6/c23-9-5-1-2-6-11-27-13-15-29-17-18-30-16-14-28-12-10-24-21(25)19-7-3-4-8-20(19)22(24)26/h3-4,7-8H,1-2,5-6,9-18H2. The van der Waals surface area contributed by atoms with Gasteiger partial charge in [-0.05, 0) is 25.0 Å². The lowest BCUT2D eigenvalue weighted by molar-refractivity contribution is -0.00353. The Balaban J connectivity index is 1.35. The molecular weight excluding hydrogens is 410 g/mol. The van der Waals surface area contributed by atoms with Gasteiger partial charge in [0.15, 0.2) is 0 Å². The summed E-state index contributed by atoms with van der Waals surface area (Å²) in [6, 6.07) is 6.85. The van der Waals surface area contributed by atoms with Gasteiger partial charge in [-0.3, -0.25) is 14.5 Å². The highest BCUT2D eigenvalue weighted by Crippen LogP contribution is 2.21. The summed E-state index contributed by atoms with van der Waals surface area (Å²) in [5, 5.41) is 0. The maximum absolute atomic E-state index is 12.2. The van der Waals surface area contributed by atoms with Gasteiger partial charge in [-0.1, -0.05) is 25.0 Å². The molecule has 0 saturated heterocycles. The summed E-state index contributed by atoms with van der Waals surface area (Å²) in [7, 11) is 0. The molecule has 2 amide bonds. The molecule has 1 heterocycles. The van der Waals surface area contributed by atoms with Crippen LogP contribution in [0.25, 0.3) is 0 Å². The number of rotatable bonds is 18. The van der Waals surface area contributed by atoms with Crippen molar-refractivity contribution in [2.24, 2.45) is 0 Å². The molecule has 1 aliphatic heterocycles. The summed E-state index contributed by atoms with van der Waals surface area (Å²) in [5.41, 5.74) is 0.914.